The van der Waals surface area contributed by atoms with Crippen LogP contribution in [0, 0.1) is 16.7 Å². The molecule has 0 saturated heterocycles. The first-order chi connectivity index (χ1) is 21.3. The Labute approximate surface area is 263 Å². The molecule has 232 valence electrons. The van der Waals surface area contributed by atoms with E-state index in [0.717, 1.165) is 6.42 Å². The second-order valence-electron chi connectivity index (χ2n) is 13.4. The molecule has 3 aliphatic rings. The van der Waals surface area contributed by atoms with Gasteiger partial charge in [0.05, 0.1) is 17.3 Å². The van der Waals surface area contributed by atoms with E-state index in [-0.39, 0.29) is 35.1 Å². The summed E-state index contributed by atoms with van der Waals surface area (Å²) in [5, 5.41) is 23.7. The Balaban J connectivity index is 1.47. The Morgan fingerprint density at radius 2 is 1.18 bits per heavy atom. The number of phenols is 2. The Bertz CT molecular complexity index is 1900. The van der Waals surface area contributed by atoms with E-state index in [4.69, 9.17) is 8.92 Å². The maximum absolute atomic E-state index is 14.1. The first-order valence-electron chi connectivity index (χ1n) is 15.4. The summed E-state index contributed by atoms with van der Waals surface area (Å²) in [6.07, 6.45) is 1.50. The van der Waals surface area contributed by atoms with Crippen molar-refractivity contribution in [1.29, 1.82) is 0 Å². The molecule has 2 atom stereocenters. The number of phenolic OH excluding ortho intramolecular Hbond substituents is 2. The quantitative estimate of drug-likeness (QED) is 0.184. The first kappa shape index (κ1) is 29.4. The van der Waals surface area contributed by atoms with Gasteiger partial charge in [-0.25, -0.2) is 0 Å². The third-order valence-corrected chi connectivity index (χ3v) is 11.7. The van der Waals surface area contributed by atoms with Crippen molar-refractivity contribution >= 4 is 15.9 Å². The summed E-state index contributed by atoms with van der Waals surface area (Å²) in [6.45, 7) is 7.80. The highest BCUT2D eigenvalue weighted by molar-refractivity contribution is 7.87. The van der Waals surface area contributed by atoms with Crippen LogP contribution >= 0.6 is 0 Å². The van der Waals surface area contributed by atoms with Crippen LogP contribution in [-0.4, -0.2) is 36.3 Å². The highest BCUT2D eigenvalue weighted by Crippen LogP contribution is 2.64. The largest absolute Gasteiger partial charge is 0.507 e. The van der Waals surface area contributed by atoms with Crippen molar-refractivity contribution in [1.82, 2.24) is 0 Å². The molecule has 4 aromatic rings. The molecule has 45 heavy (non-hydrogen) atoms. The van der Waals surface area contributed by atoms with Crippen LogP contribution in [0.3, 0.4) is 0 Å². The number of hydrogen-bond acceptors (Lipinski definition) is 7. The summed E-state index contributed by atoms with van der Waals surface area (Å²) in [6, 6.07) is 21.2. The molecule has 0 aliphatic heterocycles. The van der Waals surface area contributed by atoms with Crippen molar-refractivity contribution in [2.75, 3.05) is 5.75 Å². The van der Waals surface area contributed by atoms with Gasteiger partial charge in [0.1, 0.15) is 23.0 Å². The molecule has 0 spiro atoms. The summed E-state index contributed by atoms with van der Waals surface area (Å²) in [4.78, 5) is 13.3. The standard InChI is InChI=1S/C37H36O7S/c1-21(2)43-34-27-13-7-14-28(34)24-10-6-12-26(33(24)40)30-16-8-15-29(25-11-5-9-23(27)32(25)39)35(30)44-45(41,42)20-37-18-17-22(19-31(37)38)36(37,3)4/h5-16,21-22,39-40H,17-20H2,1-4H3/t22-,37-/m1/s1. The van der Waals surface area contributed by atoms with E-state index in [1.807, 2.05) is 45.9 Å². The molecule has 0 aromatic heterocycles. The molecule has 0 heterocycles. The Kier molecular flexibility index (Phi) is 6.61. The number of benzene rings is 4. The maximum Gasteiger partial charge on any atom is 0.310 e. The SMILES string of the molecule is CC(C)Oc1c2cccc1-c1cccc(c1O)-c1cccc(c1OS(=O)(=O)C[C@]13CC[C@H](CC1=O)C3(C)C)-c1cccc-2c1O. The molecule has 2 saturated carbocycles. The lowest BCUT2D eigenvalue weighted by atomic mass is 9.70. The van der Waals surface area contributed by atoms with E-state index in [2.05, 4.69) is 0 Å². The lowest BCUT2D eigenvalue weighted by Crippen LogP contribution is -2.43. The number of hydrogen-bond donors (Lipinski definition) is 2. The highest BCUT2D eigenvalue weighted by Gasteiger charge is 2.65. The monoisotopic (exact) mass is 624 g/mol. The van der Waals surface area contributed by atoms with Crippen LogP contribution in [0.1, 0.15) is 47.0 Å². The van der Waals surface area contributed by atoms with Gasteiger partial charge in [0, 0.05) is 50.9 Å². The minimum atomic E-state index is -4.34. The average molecular weight is 625 g/mol. The van der Waals surface area contributed by atoms with Gasteiger partial charge in [-0.15, -0.1) is 0 Å². The second kappa shape index (κ2) is 10.1. The fourth-order valence-corrected chi connectivity index (χ4v) is 9.67. The number of para-hydroxylation sites is 4. The molecule has 3 aliphatic carbocycles. The van der Waals surface area contributed by atoms with Gasteiger partial charge in [0.25, 0.3) is 0 Å². The van der Waals surface area contributed by atoms with Crippen molar-refractivity contribution in [3.8, 4) is 67.5 Å². The third kappa shape index (κ3) is 4.36. The molecular weight excluding hydrogens is 588 g/mol. The molecule has 0 unspecified atom stereocenters. The number of rotatable bonds is 6. The summed E-state index contributed by atoms with van der Waals surface area (Å²) < 4.78 is 40.5. The molecular formula is C37H36O7S. The van der Waals surface area contributed by atoms with Crippen LogP contribution in [0.4, 0.5) is 0 Å². The summed E-state index contributed by atoms with van der Waals surface area (Å²) in [7, 11) is -4.34. The van der Waals surface area contributed by atoms with Crippen LogP contribution in [0.15, 0.2) is 72.8 Å². The van der Waals surface area contributed by atoms with E-state index < -0.39 is 26.7 Å². The van der Waals surface area contributed by atoms with Crippen molar-refractivity contribution in [3.63, 3.8) is 0 Å². The van der Waals surface area contributed by atoms with Crippen molar-refractivity contribution in [3.05, 3.63) is 72.8 Å². The Morgan fingerprint density at radius 1 is 0.756 bits per heavy atom. The van der Waals surface area contributed by atoms with Gasteiger partial charge in [-0.1, -0.05) is 86.6 Å². The number of carbonyl (C=O) groups excluding carboxylic acids is 1. The van der Waals surface area contributed by atoms with E-state index in [0.29, 0.717) is 63.1 Å². The Morgan fingerprint density at radius 3 is 1.56 bits per heavy atom. The molecule has 7 nitrogen and oxygen atoms in total. The van der Waals surface area contributed by atoms with Crippen molar-refractivity contribution in [2.45, 2.75) is 53.1 Å². The lowest BCUT2D eigenvalue weighted by Gasteiger charge is -2.35. The topological polar surface area (TPSA) is 110 Å². The predicted molar refractivity (Wildman–Crippen MR) is 174 cm³/mol. The number of aromatic hydroxyl groups is 2. The average Bonchev–Trinajstić information content (AvgIpc) is 3.32. The van der Waals surface area contributed by atoms with Crippen LogP contribution in [0.2, 0.25) is 0 Å². The van der Waals surface area contributed by atoms with Gasteiger partial charge in [-0.3, -0.25) is 4.79 Å². The van der Waals surface area contributed by atoms with E-state index in [1.165, 1.54) is 0 Å². The number of fused-ring (bicyclic) bond motifs is 14. The smallest absolute Gasteiger partial charge is 0.310 e. The fourth-order valence-electron chi connectivity index (χ4n) is 7.90. The van der Waals surface area contributed by atoms with E-state index in [9.17, 15) is 23.4 Å². The van der Waals surface area contributed by atoms with Gasteiger partial charge in [-0.05, 0) is 38.0 Å². The number of ketones is 1. The van der Waals surface area contributed by atoms with Crippen LogP contribution < -0.4 is 8.92 Å². The molecule has 7 rings (SSSR count). The molecule has 2 fully saturated rings. The normalized spacial score (nSPS) is 20.9. The van der Waals surface area contributed by atoms with Crippen LogP contribution in [0.5, 0.6) is 23.0 Å². The van der Waals surface area contributed by atoms with Gasteiger partial charge in [-0.2, -0.15) is 8.42 Å². The molecule has 0 amide bonds. The molecule has 2 N–H and O–H groups in total. The lowest BCUT2D eigenvalue weighted by molar-refractivity contribution is -0.128. The van der Waals surface area contributed by atoms with Gasteiger partial charge < -0.3 is 19.1 Å². The molecule has 4 aromatic carbocycles. The van der Waals surface area contributed by atoms with Crippen molar-refractivity contribution < 1.29 is 32.3 Å². The van der Waals surface area contributed by atoms with Gasteiger partial charge >= 0.3 is 10.1 Å². The summed E-state index contributed by atoms with van der Waals surface area (Å²) in [5.41, 5.74) is 2.09. The summed E-state index contributed by atoms with van der Waals surface area (Å²) >= 11 is 0. The first-order valence-corrected chi connectivity index (χ1v) is 17.0. The molecule has 0 radical (unpaired) electrons. The van der Waals surface area contributed by atoms with Crippen molar-refractivity contribution in [2.24, 2.45) is 16.7 Å². The van der Waals surface area contributed by atoms with Gasteiger partial charge in [0.2, 0.25) is 0 Å². The minimum Gasteiger partial charge on any atom is -0.507 e. The zero-order chi connectivity index (χ0) is 31.9. The van der Waals surface area contributed by atoms with E-state index >= 15 is 0 Å². The third-order valence-electron chi connectivity index (χ3n) is 10.4. The Hall–Kier alpha value is -4.30. The number of Topliss-reactive ketones (excluding diaryl/α,β-unsaturated/α-hetero) is 1. The summed E-state index contributed by atoms with van der Waals surface area (Å²) in [5.74, 6) is 0.0377. The van der Waals surface area contributed by atoms with Gasteiger partial charge in [0.15, 0.2) is 5.75 Å². The molecule has 8 heteroatoms. The number of ether oxygens (including phenoxy) is 1. The van der Waals surface area contributed by atoms with Crippen LogP contribution in [0.25, 0.3) is 44.5 Å². The predicted octanol–water partition coefficient (Wildman–Crippen LogP) is 7.97. The van der Waals surface area contributed by atoms with Crippen LogP contribution in [-0.2, 0) is 14.9 Å². The zero-order valence-electron chi connectivity index (χ0n) is 25.8. The highest BCUT2D eigenvalue weighted by atomic mass is 32.2. The number of carbonyl (C=O) groups is 1. The fraction of sp³-hybridized carbons (Fsp3) is 0.324. The second-order valence-corrected chi connectivity index (χ2v) is 15.0. The minimum absolute atomic E-state index is 0.0190. The maximum atomic E-state index is 14.1. The van der Waals surface area contributed by atoms with E-state index in [1.54, 1.807) is 54.6 Å². The molecule has 10 bridgehead atoms. The zero-order valence-corrected chi connectivity index (χ0v) is 26.6.